The largest absolute Gasteiger partial charge is 0.394 e. The fraction of sp³-hybridized carbons (Fsp3) is 0.167. The third-order valence-electron chi connectivity index (χ3n) is 4.19. The van der Waals surface area contributed by atoms with Crippen molar-refractivity contribution in [3.63, 3.8) is 0 Å². The van der Waals surface area contributed by atoms with Crippen LogP contribution in [0.1, 0.15) is 11.1 Å². The fourth-order valence-electron chi connectivity index (χ4n) is 2.77. The highest BCUT2D eigenvalue weighted by Crippen LogP contribution is 2.36. The quantitative estimate of drug-likeness (QED) is 0.736. The molecule has 3 aromatic rings. The first-order valence-corrected chi connectivity index (χ1v) is 7.44. The number of halogens is 1. The monoisotopic (exact) mass is 312 g/mol. The summed E-state index contributed by atoms with van der Waals surface area (Å²) in [5.41, 5.74) is 10.8. The Morgan fingerprint density at radius 2 is 1.73 bits per heavy atom. The molecule has 0 amide bonds. The molecule has 2 aromatic carbocycles. The number of fused-ring (bicyclic) bond motifs is 1. The van der Waals surface area contributed by atoms with Crippen molar-refractivity contribution in [1.29, 1.82) is 0 Å². The number of rotatable bonds is 1. The van der Waals surface area contributed by atoms with Gasteiger partial charge >= 0.3 is 0 Å². The molecule has 0 saturated heterocycles. The molecule has 2 N–H and O–H groups in total. The maximum absolute atomic E-state index is 12.5. The van der Waals surface area contributed by atoms with Gasteiger partial charge in [-0.3, -0.25) is 4.79 Å². The predicted molar refractivity (Wildman–Crippen MR) is 93.5 cm³/mol. The number of aromatic nitrogens is 1. The number of nitrogens with two attached hydrogens (primary N) is 1. The standard InChI is InChI=1S/C18H17ClN2O/c1-10-8-13-15(9-11(10)2)21(3)18(22)17(20)16(13)12-6-4-5-7-14(12)19/h4-9H,20H2,1-3H3. The van der Waals surface area contributed by atoms with Crippen LogP contribution >= 0.6 is 11.6 Å². The molecule has 0 aliphatic heterocycles. The van der Waals surface area contributed by atoms with Gasteiger partial charge in [0.15, 0.2) is 0 Å². The van der Waals surface area contributed by atoms with Crippen molar-refractivity contribution in [3.8, 4) is 11.1 Å². The van der Waals surface area contributed by atoms with E-state index >= 15 is 0 Å². The Balaban J connectivity index is 2.57. The van der Waals surface area contributed by atoms with E-state index in [-0.39, 0.29) is 11.2 Å². The molecule has 0 saturated carbocycles. The van der Waals surface area contributed by atoms with E-state index in [1.165, 1.54) is 0 Å². The van der Waals surface area contributed by atoms with Gasteiger partial charge in [0.25, 0.3) is 5.56 Å². The lowest BCUT2D eigenvalue weighted by molar-refractivity contribution is 0.909. The zero-order chi connectivity index (χ0) is 16.0. The minimum atomic E-state index is -0.203. The van der Waals surface area contributed by atoms with E-state index in [0.29, 0.717) is 10.6 Å². The number of anilines is 1. The fourth-order valence-corrected chi connectivity index (χ4v) is 3.01. The molecule has 0 atom stereocenters. The second-order valence-corrected chi connectivity index (χ2v) is 5.99. The molecule has 3 nitrogen and oxygen atoms in total. The second kappa shape index (κ2) is 5.18. The number of aryl methyl sites for hydroxylation is 3. The van der Waals surface area contributed by atoms with Crippen LogP contribution in [0.15, 0.2) is 41.2 Å². The van der Waals surface area contributed by atoms with E-state index in [4.69, 9.17) is 17.3 Å². The Bertz CT molecular complexity index is 957. The number of hydrogen-bond acceptors (Lipinski definition) is 2. The molecule has 0 unspecified atom stereocenters. The summed E-state index contributed by atoms with van der Waals surface area (Å²) in [5.74, 6) is 0. The summed E-state index contributed by atoms with van der Waals surface area (Å²) in [4.78, 5) is 12.5. The van der Waals surface area contributed by atoms with Gasteiger partial charge in [0, 0.05) is 28.6 Å². The Hall–Kier alpha value is -2.26. The second-order valence-electron chi connectivity index (χ2n) is 5.59. The first-order valence-electron chi connectivity index (χ1n) is 7.06. The lowest BCUT2D eigenvalue weighted by Crippen LogP contribution is -2.22. The first kappa shape index (κ1) is 14.7. The van der Waals surface area contributed by atoms with Crippen LogP contribution in [-0.2, 0) is 7.05 Å². The minimum Gasteiger partial charge on any atom is -0.394 e. The molecule has 22 heavy (non-hydrogen) atoms. The average Bonchev–Trinajstić information content (AvgIpc) is 2.49. The van der Waals surface area contributed by atoms with E-state index in [1.54, 1.807) is 17.7 Å². The van der Waals surface area contributed by atoms with E-state index in [1.807, 2.05) is 38.1 Å². The summed E-state index contributed by atoms with van der Waals surface area (Å²) < 4.78 is 1.59. The molecule has 0 bridgehead atoms. The van der Waals surface area contributed by atoms with Crippen molar-refractivity contribution < 1.29 is 0 Å². The van der Waals surface area contributed by atoms with E-state index in [9.17, 15) is 4.79 Å². The van der Waals surface area contributed by atoms with Crippen LogP contribution in [0.3, 0.4) is 0 Å². The molecule has 1 aromatic heterocycles. The summed E-state index contributed by atoms with van der Waals surface area (Å²) in [5, 5.41) is 1.53. The van der Waals surface area contributed by atoms with Crippen LogP contribution in [0.25, 0.3) is 22.0 Å². The molecule has 0 spiro atoms. The van der Waals surface area contributed by atoms with E-state index in [0.717, 1.165) is 27.6 Å². The Kier molecular flexibility index (Phi) is 3.45. The van der Waals surface area contributed by atoms with Gasteiger partial charge < -0.3 is 10.3 Å². The van der Waals surface area contributed by atoms with Gasteiger partial charge in [0.2, 0.25) is 0 Å². The Morgan fingerprint density at radius 1 is 1.09 bits per heavy atom. The molecule has 0 fully saturated rings. The summed E-state index contributed by atoms with van der Waals surface area (Å²) in [6.07, 6.45) is 0. The maximum atomic E-state index is 12.5. The van der Waals surface area contributed by atoms with Crippen molar-refractivity contribution in [2.75, 3.05) is 5.73 Å². The molecular weight excluding hydrogens is 296 g/mol. The van der Waals surface area contributed by atoms with Gasteiger partial charge in [0.1, 0.15) is 5.69 Å². The average molecular weight is 313 g/mol. The van der Waals surface area contributed by atoms with Crippen molar-refractivity contribution in [2.45, 2.75) is 13.8 Å². The first-order chi connectivity index (χ1) is 10.4. The molecule has 3 rings (SSSR count). The molecule has 0 aliphatic carbocycles. The highest BCUT2D eigenvalue weighted by atomic mass is 35.5. The van der Waals surface area contributed by atoms with E-state index < -0.39 is 0 Å². The third-order valence-corrected chi connectivity index (χ3v) is 4.52. The van der Waals surface area contributed by atoms with Crippen molar-refractivity contribution in [2.24, 2.45) is 7.05 Å². The molecule has 4 heteroatoms. The van der Waals surface area contributed by atoms with Crippen LogP contribution in [0.4, 0.5) is 5.69 Å². The summed E-state index contributed by atoms with van der Waals surface area (Å²) in [6.45, 7) is 4.08. The van der Waals surface area contributed by atoms with Crippen LogP contribution in [0, 0.1) is 13.8 Å². The zero-order valence-electron chi connectivity index (χ0n) is 12.8. The lowest BCUT2D eigenvalue weighted by atomic mass is 9.96. The third kappa shape index (κ3) is 2.09. The number of nitrogen functional groups attached to an aromatic ring is 1. The molecule has 0 radical (unpaired) electrons. The summed E-state index contributed by atoms with van der Waals surface area (Å²) in [6, 6.07) is 11.5. The number of benzene rings is 2. The topological polar surface area (TPSA) is 48.0 Å². The predicted octanol–water partition coefficient (Wildman–Crippen LogP) is 4.06. The smallest absolute Gasteiger partial charge is 0.274 e. The Labute approximate surface area is 133 Å². The molecule has 0 aliphatic rings. The normalized spacial score (nSPS) is 11.1. The van der Waals surface area contributed by atoms with Crippen LogP contribution in [0.2, 0.25) is 5.02 Å². The molecular formula is C18H17ClN2O. The van der Waals surface area contributed by atoms with Crippen LogP contribution < -0.4 is 11.3 Å². The lowest BCUT2D eigenvalue weighted by Gasteiger charge is -2.16. The van der Waals surface area contributed by atoms with Gasteiger partial charge in [-0.15, -0.1) is 0 Å². The Morgan fingerprint density at radius 3 is 2.41 bits per heavy atom. The number of pyridine rings is 1. The van der Waals surface area contributed by atoms with Gasteiger partial charge in [0.05, 0.1) is 5.52 Å². The molecule has 112 valence electrons. The van der Waals surface area contributed by atoms with Crippen LogP contribution in [-0.4, -0.2) is 4.57 Å². The number of nitrogens with zero attached hydrogens (tertiary/aromatic N) is 1. The van der Waals surface area contributed by atoms with Crippen molar-refractivity contribution >= 4 is 28.2 Å². The maximum Gasteiger partial charge on any atom is 0.274 e. The van der Waals surface area contributed by atoms with Crippen molar-refractivity contribution in [1.82, 2.24) is 4.57 Å². The number of hydrogen-bond donors (Lipinski definition) is 1. The molecule has 1 heterocycles. The van der Waals surface area contributed by atoms with Gasteiger partial charge in [-0.1, -0.05) is 29.8 Å². The van der Waals surface area contributed by atoms with Gasteiger partial charge in [-0.2, -0.15) is 0 Å². The SMILES string of the molecule is Cc1cc2c(-c3ccccc3Cl)c(N)c(=O)n(C)c2cc1C. The highest BCUT2D eigenvalue weighted by molar-refractivity contribution is 6.34. The van der Waals surface area contributed by atoms with Gasteiger partial charge in [-0.25, -0.2) is 0 Å². The van der Waals surface area contributed by atoms with E-state index in [2.05, 4.69) is 6.07 Å². The minimum absolute atomic E-state index is 0.203. The highest BCUT2D eigenvalue weighted by Gasteiger charge is 2.17. The summed E-state index contributed by atoms with van der Waals surface area (Å²) >= 11 is 6.33. The van der Waals surface area contributed by atoms with Crippen molar-refractivity contribution in [3.05, 3.63) is 62.9 Å². The summed E-state index contributed by atoms with van der Waals surface area (Å²) in [7, 11) is 1.74. The van der Waals surface area contributed by atoms with Gasteiger partial charge in [-0.05, 0) is 43.2 Å². The zero-order valence-corrected chi connectivity index (χ0v) is 13.5. The van der Waals surface area contributed by atoms with Crippen LogP contribution in [0.5, 0.6) is 0 Å².